The fourth-order valence-electron chi connectivity index (χ4n) is 3.63. The van der Waals surface area contributed by atoms with Crippen LogP contribution in [0.1, 0.15) is 6.92 Å². The van der Waals surface area contributed by atoms with E-state index < -0.39 is 15.8 Å². The Morgan fingerprint density at radius 2 is 0.621 bits per heavy atom. The van der Waals surface area contributed by atoms with Crippen molar-refractivity contribution in [3.63, 3.8) is 0 Å². The zero-order chi connectivity index (χ0) is 19.2. The third-order valence-corrected chi connectivity index (χ3v) is 11.2. The van der Waals surface area contributed by atoms with Gasteiger partial charge in [-0.1, -0.05) is 128 Å². The van der Waals surface area contributed by atoms with Crippen LogP contribution in [0.3, 0.4) is 0 Å². The molecule has 0 saturated heterocycles. The van der Waals surface area contributed by atoms with E-state index in [1.165, 1.54) is 21.2 Å². The second kappa shape index (κ2) is 11.4. The fraction of sp³-hybridized carbons (Fsp3) is 0.0769. The Kier molecular flexibility index (Phi) is 8.93. The second-order valence-electron chi connectivity index (χ2n) is 6.71. The van der Waals surface area contributed by atoms with E-state index in [1.54, 1.807) is 0 Å². The number of hydrogen-bond acceptors (Lipinski definition) is 0. The van der Waals surface area contributed by atoms with Gasteiger partial charge in [0.2, 0.25) is 0 Å². The molecule has 0 saturated carbocycles. The van der Waals surface area contributed by atoms with E-state index >= 15 is 0 Å². The first-order valence-corrected chi connectivity index (χ1v) is 12.5. The van der Waals surface area contributed by atoms with Crippen molar-refractivity contribution in [3.05, 3.63) is 121 Å². The predicted molar refractivity (Wildman–Crippen MR) is 128 cm³/mol. The minimum absolute atomic E-state index is 0. The SMILES string of the molecule is CC(P(c1ccccc1)c1ccccc1)P(c1ccccc1)c1ccccc1.[Dy]. The zero-order valence-electron chi connectivity index (χ0n) is 16.3. The van der Waals surface area contributed by atoms with Crippen molar-refractivity contribution >= 4 is 37.1 Å². The number of benzene rings is 4. The molecular formula is C26H24DyP2. The van der Waals surface area contributed by atoms with Crippen molar-refractivity contribution in [2.45, 2.75) is 12.3 Å². The largest absolute Gasteiger partial charge is 0.0622 e. The maximum absolute atomic E-state index is 2.46. The van der Waals surface area contributed by atoms with E-state index in [0.29, 0.717) is 5.40 Å². The summed E-state index contributed by atoms with van der Waals surface area (Å²) in [5.41, 5.74) is 0. The van der Waals surface area contributed by atoms with Crippen molar-refractivity contribution < 1.29 is 38.2 Å². The standard InChI is InChI=1S/C26H24P2.Dy/c1-22(27(23-14-6-2-7-15-23)24-16-8-3-9-17-24)28(25-18-10-4-11-19-25)26-20-12-5-13-21-26;/h2-22H,1H3;. The molecule has 0 aromatic heterocycles. The molecule has 0 unspecified atom stereocenters. The van der Waals surface area contributed by atoms with Crippen LogP contribution in [0, 0.1) is 38.2 Å². The van der Waals surface area contributed by atoms with E-state index in [2.05, 4.69) is 128 Å². The molecule has 4 aromatic rings. The van der Waals surface area contributed by atoms with Crippen LogP contribution < -0.4 is 21.2 Å². The zero-order valence-corrected chi connectivity index (χ0v) is 20.2. The molecule has 0 amide bonds. The fourth-order valence-corrected chi connectivity index (χ4v) is 10.5. The van der Waals surface area contributed by atoms with Crippen molar-refractivity contribution in [2.75, 3.05) is 0 Å². The Morgan fingerprint density at radius 3 is 0.828 bits per heavy atom. The molecule has 0 aliphatic carbocycles. The topological polar surface area (TPSA) is 0 Å². The van der Waals surface area contributed by atoms with Crippen LogP contribution in [-0.2, 0) is 0 Å². The quantitative estimate of drug-likeness (QED) is 0.270. The molecule has 148 valence electrons. The van der Waals surface area contributed by atoms with E-state index in [-0.39, 0.29) is 38.2 Å². The summed E-state index contributed by atoms with van der Waals surface area (Å²) in [6, 6.07) is 44.3. The molecular weight excluding hydrogens is 537 g/mol. The van der Waals surface area contributed by atoms with E-state index in [0.717, 1.165) is 0 Å². The van der Waals surface area contributed by atoms with Crippen LogP contribution in [0.4, 0.5) is 0 Å². The van der Waals surface area contributed by atoms with E-state index in [4.69, 9.17) is 0 Å². The van der Waals surface area contributed by atoms with Crippen LogP contribution in [-0.4, -0.2) is 5.40 Å². The minimum atomic E-state index is -0.470. The van der Waals surface area contributed by atoms with Crippen molar-refractivity contribution in [3.8, 4) is 0 Å². The molecule has 0 N–H and O–H groups in total. The molecule has 0 spiro atoms. The normalized spacial score (nSPS) is 10.9. The van der Waals surface area contributed by atoms with E-state index in [1.807, 2.05) is 0 Å². The second-order valence-corrected chi connectivity index (χ2v) is 12.2. The van der Waals surface area contributed by atoms with Crippen LogP contribution >= 0.6 is 15.8 Å². The Labute approximate surface area is 207 Å². The summed E-state index contributed by atoms with van der Waals surface area (Å²) < 4.78 is 0. The van der Waals surface area contributed by atoms with Gasteiger partial charge in [0.25, 0.3) is 0 Å². The maximum Gasteiger partial charge on any atom is 0.0126 e. The van der Waals surface area contributed by atoms with Crippen LogP contribution in [0.15, 0.2) is 121 Å². The van der Waals surface area contributed by atoms with Gasteiger partial charge < -0.3 is 0 Å². The Bertz CT molecular complexity index is 814. The predicted octanol–water partition coefficient (Wildman–Crippen LogP) is 5.60. The molecule has 3 heteroatoms. The van der Waals surface area contributed by atoms with Gasteiger partial charge in [0.05, 0.1) is 0 Å². The molecule has 0 fully saturated rings. The summed E-state index contributed by atoms with van der Waals surface area (Å²) in [4.78, 5) is 0. The molecule has 4 aromatic carbocycles. The molecule has 0 aliphatic heterocycles. The summed E-state index contributed by atoms with van der Waals surface area (Å²) >= 11 is 0. The molecule has 0 bridgehead atoms. The van der Waals surface area contributed by atoms with Gasteiger partial charge in [-0.2, -0.15) is 0 Å². The Balaban J connectivity index is 0.00000240. The molecule has 0 atom stereocenters. The van der Waals surface area contributed by atoms with Gasteiger partial charge in [-0.3, -0.25) is 0 Å². The number of hydrogen-bond donors (Lipinski definition) is 0. The first-order valence-electron chi connectivity index (χ1n) is 9.63. The van der Waals surface area contributed by atoms with Gasteiger partial charge >= 0.3 is 0 Å². The van der Waals surface area contributed by atoms with Gasteiger partial charge in [-0.25, -0.2) is 0 Å². The molecule has 0 heterocycles. The molecule has 0 aliphatic rings. The third kappa shape index (κ3) is 5.58. The van der Waals surface area contributed by atoms with Gasteiger partial charge in [0.15, 0.2) is 0 Å². The summed E-state index contributed by atoms with van der Waals surface area (Å²) in [6.07, 6.45) is 0. The summed E-state index contributed by atoms with van der Waals surface area (Å²) in [7, 11) is -0.940. The molecule has 4 rings (SSSR count). The average molecular weight is 561 g/mol. The van der Waals surface area contributed by atoms with Crippen LogP contribution in [0.5, 0.6) is 0 Å². The summed E-state index contributed by atoms with van der Waals surface area (Å²) in [5, 5.41) is 6.34. The van der Waals surface area contributed by atoms with Crippen molar-refractivity contribution in [1.29, 1.82) is 0 Å². The van der Waals surface area contributed by atoms with Crippen LogP contribution in [0.25, 0.3) is 0 Å². The monoisotopic (exact) mass is 562 g/mol. The maximum atomic E-state index is 2.46. The van der Waals surface area contributed by atoms with Crippen LogP contribution in [0.2, 0.25) is 0 Å². The van der Waals surface area contributed by atoms with E-state index in [9.17, 15) is 0 Å². The Morgan fingerprint density at radius 1 is 0.414 bits per heavy atom. The molecule has 0 nitrogen and oxygen atoms in total. The third-order valence-electron chi connectivity index (χ3n) is 4.88. The van der Waals surface area contributed by atoms with Crippen molar-refractivity contribution in [2.24, 2.45) is 0 Å². The van der Waals surface area contributed by atoms with Crippen molar-refractivity contribution in [1.82, 2.24) is 0 Å². The van der Waals surface area contributed by atoms with Gasteiger partial charge in [-0.05, 0) is 37.1 Å². The smallest absolute Gasteiger partial charge is 0.0126 e. The summed E-state index contributed by atoms with van der Waals surface area (Å²) in [5.74, 6) is 0. The van der Waals surface area contributed by atoms with Gasteiger partial charge in [0, 0.05) is 43.6 Å². The number of rotatable bonds is 6. The van der Waals surface area contributed by atoms with Gasteiger partial charge in [-0.15, -0.1) is 0 Å². The first-order chi connectivity index (χ1) is 13.8. The summed E-state index contributed by atoms with van der Waals surface area (Å²) in [6.45, 7) is 2.46. The average Bonchev–Trinajstić information content (AvgIpc) is 2.77. The minimum Gasteiger partial charge on any atom is -0.0622 e. The Hall–Kier alpha value is -0.987. The molecule has 0 radical (unpaired) electrons. The first kappa shape index (κ1) is 22.7. The van der Waals surface area contributed by atoms with Gasteiger partial charge in [0.1, 0.15) is 0 Å². The molecule has 29 heavy (non-hydrogen) atoms.